The van der Waals surface area contributed by atoms with Gasteiger partial charge in [-0.25, -0.2) is 0 Å². The van der Waals surface area contributed by atoms with Crippen molar-refractivity contribution in [1.82, 2.24) is 0 Å². The van der Waals surface area contributed by atoms with Gasteiger partial charge in [0.1, 0.15) is 0 Å². The molecule has 7 heteroatoms. The van der Waals surface area contributed by atoms with Crippen molar-refractivity contribution < 1.29 is 19.3 Å². The Balaban J connectivity index is 3.12. The summed E-state index contributed by atoms with van der Waals surface area (Å²) in [6.45, 7) is 2.11. The van der Waals surface area contributed by atoms with Crippen molar-refractivity contribution in [3.05, 3.63) is 10.4 Å². The van der Waals surface area contributed by atoms with E-state index in [4.69, 9.17) is 19.7 Å². The molecule has 0 aromatic heterocycles. The molecular formula is C8H17N3O4. The predicted molar refractivity (Wildman–Crippen MR) is 53.5 cm³/mol. The second-order valence-electron chi connectivity index (χ2n) is 2.75. The highest BCUT2D eigenvalue weighted by molar-refractivity contribution is 4.57. The minimum atomic E-state index is -0.750. The number of methoxy groups -OCH3 is 1. The summed E-state index contributed by atoms with van der Waals surface area (Å²) in [5.74, 6) is 0. The molecule has 0 radical (unpaired) electrons. The van der Waals surface area contributed by atoms with E-state index in [1.807, 2.05) is 0 Å². The molecule has 1 atom stereocenters. The quantitative estimate of drug-likeness (QED) is 0.248. The van der Waals surface area contributed by atoms with Crippen LogP contribution in [0.25, 0.3) is 10.4 Å². The molecule has 7 nitrogen and oxygen atoms in total. The average molecular weight is 219 g/mol. The predicted octanol–water partition coefficient (Wildman–Crippen LogP) is 0.337. The second-order valence-corrected chi connectivity index (χ2v) is 2.75. The fraction of sp³-hybridized carbons (Fsp3) is 1.00. The van der Waals surface area contributed by atoms with Gasteiger partial charge in [0.2, 0.25) is 0 Å². The van der Waals surface area contributed by atoms with E-state index in [0.29, 0.717) is 26.4 Å². The van der Waals surface area contributed by atoms with Crippen molar-refractivity contribution in [1.29, 1.82) is 0 Å². The minimum absolute atomic E-state index is 0.0288. The van der Waals surface area contributed by atoms with Gasteiger partial charge in [-0.3, -0.25) is 0 Å². The Kier molecular flexibility index (Phi) is 10.6. The monoisotopic (exact) mass is 219 g/mol. The Morgan fingerprint density at radius 2 is 1.93 bits per heavy atom. The maximum absolute atomic E-state index is 9.17. The first-order chi connectivity index (χ1) is 7.31. The fourth-order valence-corrected chi connectivity index (χ4v) is 0.765. The Bertz CT molecular complexity index is 185. The van der Waals surface area contributed by atoms with Gasteiger partial charge in [-0.15, -0.1) is 0 Å². The molecule has 0 aliphatic rings. The van der Waals surface area contributed by atoms with Gasteiger partial charge in [-0.1, -0.05) is 5.11 Å². The molecule has 0 bridgehead atoms. The SMILES string of the molecule is COCCOCCOCC(O)CN=[N+]=[N-]. The van der Waals surface area contributed by atoms with Crippen LogP contribution in [0.5, 0.6) is 0 Å². The van der Waals surface area contributed by atoms with Gasteiger partial charge in [0.05, 0.1) is 45.7 Å². The van der Waals surface area contributed by atoms with Gasteiger partial charge in [0.15, 0.2) is 0 Å². The third-order valence-corrected chi connectivity index (χ3v) is 1.47. The zero-order valence-corrected chi connectivity index (χ0v) is 8.83. The van der Waals surface area contributed by atoms with Crippen molar-refractivity contribution in [2.75, 3.05) is 46.7 Å². The van der Waals surface area contributed by atoms with Crippen molar-refractivity contribution in [3.63, 3.8) is 0 Å². The molecular weight excluding hydrogens is 202 g/mol. The average Bonchev–Trinajstić information content (AvgIpc) is 2.25. The topological polar surface area (TPSA) is 96.7 Å². The summed E-state index contributed by atoms with van der Waals surface area (Å²) < 4.78 is 15.0. The van der Waals surface area contributed by atoms with Crippen LogP contribution in [0.2, 0.25) is 0 Å². The Hall–Kier alpha value is -0.850. The summed E-state index contributed by atoms with van der Waals surface area (Å²) >= 11 is 0. The molecule has 0 rings (SSSR count). The van der Waals surface area contributed by atoms with Crippen LogP contribution in [0.15, 0.2) is 5.11 Å². The number of hydrogen-bond acceptors (Lipinski definition) is 5. The summed E-state index contributed by atoms with van der Waals surface area (Å²) in [6.07, 6.45) is -0.750. The summed E-state index contributed by atoms with van der Waals surface area (Å²) in [5.41, 5.74) is 7.98. The zero-order chi connectivity index (χ0) is 11.4. The second kappa shape index (κ2) is 11.2. The summed E-state index contributed by atoms with van der Waals surface area (Å²) in [6, 6.07) is 0. The molecule has 0 aromatic carbocycles. The van der Waals surface area contributed by atoms with Crippen LogP contribution >= 0.6 is 0 Å². The molecule has 0 saturated heterocycles. The van der Waals surface area contributed by atoms with Crippen LogP contribution in [0.1, 0.15) is 0 Å². The number of aliphatic hydroxyl groups excluding tert-OH is 1. The molecule has 0 aliphatic carbocycles. The molecule has 1 N–H and O–H groups in total. The van der Waals surface area contributed by atoms with Crippen LogP contribution < -0.4 is 0 Å². The summed E-state index contributed by atoms with van der Waals surface area (Å²) in [4.78, 5) is 2.52. The molecule has 0 aromatic rings. The van der Waals surface area contributed by atoms with Gasteiger partial charge >= 0.3 is 0 Å². The van der Waals surface area contributed by atoms with Gasteiger partial charge in [-0.05, 0) is 5.53 Å². The highest BCUT2D eigenvalue weighted by atomic mass is 16.5. The van der Waals surface area contributed by atoms with Crippen LogP contribution in [-0.4, -0.2) is 57.9 Å². The maximum Gasteiger partial charge on any atom is 0.0829 e. The maximum atomic E-state index is 9.17. The van der Waals surface area contributed by atoms with Crippen molar-refractivity contribution in [2.24, 2.45) is 5.11 Å². The van der Waals surface area contributed by atoms with E-state index in [2.05, 4.69) is 10.0 Å². The minimum Gasteiger partial charge on any atom is -0.391 e. The number of ether oxygens (including phenoxy) is 3. The van der Waals surface area contributed by atoms with Crippen molar-refractivity contribution in [3.8, 4) is 0 Å². The lowest BCUT2D eigenvalue weighted by Crippen LogP contribution is -2.20. The first-order valence-corrected chi connectivity index (χ1v) is 4.64. The Morgan fingerprint density at radius 1 is 1.27 bits per heavy atom. The van der Waals surface area contributed by atoms with Crippen LogP contribution in [-0.2, 0) is 14.2 Å². The Labute approximate surface area is 88.6 Å². The normalized spacial score (nSPS) is 12.1. The molecule has 0 aliphatic heterocycles. The molecule has 0 amide bonds. The summed E-state index contributed by atoms with van der Waals surface area (Å²) in [5, 5.41) is 12.4. The van der Waals surface area contributed by atoms with Gasteiger partial charge in [0, 0.05) is 12.0 Å². The van der Waals surface area contributed by atoms with E-state index in [9.17, 15) is 5.11 Å². The lowest BCUT2D eigenvalue weighted by molar-refractivity contribution is -0.00296. The van der Waals surface area contributed by atoms with Crippen LogP contribution in [0.4, 0.5) is 0 Å². The highest BCUT2D eigenvalue weighted by Crippen LogP contribution is 1.88. The highest BCUT2D eigenvalue weighted by Gasteiger charge is 2.01. The van der Waals surface area contributed by atoms with Crippen LogP contribution in [0, 0.1) is 0 Å². The number of azide groups is 1. The molecule has 88 valence electrons. The van der Waals surface area contributed by atoms with E-state index < -0.39 is 6.10 Å². The molecule has 0 heterocycles. The van der Waals surface area contributed by atoms with E-state index in [1.165, 1.54) is 0 Å². The third-order valence-electron chi connectivity index (χ3n) is 1.47. The first kappa shape index (κ1) is 14.2. The van der Waals surface area contributed by atoms with E-state index >= 15 is 0 Å². The molecule has 0 fully saturated rings. The zero-order valence-electron chi connectivity index (χ0n) is 8.83. The third kappa shape index (κ3) is 11.1. The fourth-order valence-electron chi connectivity index (χ4n) is 0.765. The van der Waals surface area contributed by atoms with Gasteiger partial charge in [-0.2, -0.15) is 0 Å². The summed E-state index contributed by atoms with van der Waals surface area (Å²) in [7, 11) is 1.60. The first-order valence-electron chi connectivity index (χ1n) is 4.64. The molecule has 15 heavy (non-hydrogen) atoms. The lowest BCUT2D eigenvalue weighted by atomic mass is 10.4. The van der Waals surface area contributed by atoms with E-state index in [1.54, 1.807) is 7.11 Å². The molecule has 1 unspecified atom stereocenters. The largest absolute Gasteiger partial charge is 0.391 e. The molecule has 0 saturated carbocycles. The number of nitrogens with zero attached hydrogens (tertiary/aromatic N) is 3. The molecule has 0 spiro atoms. The lowest BCUT2D eigenvalue weighted by Gasteiger charge is -2.08. The Morgan fingerprint density at radius 3 is 2.60 bits per heavy atom. The smallest absolute Gasteiger partial charge is 0.0829 e. The van der Waals surface area contributed by atoms with Crippen LogP contribution in [0.3, 0.4) is 0 Å². The van der Waals surface area contributed by atoms with Gasteiger partial charge < -0.3 is 19.3 Å². The standard InChI is InChI=1S/C8H17N3O4/c1-13-2-3-14-4-5-15-7-8(12)6-10-11-9/h8,12H,2-7H2,1H3. The number of hydrogen-bond donors (Lipinski definition) is 1. The van der Waals surface area contributed by atoms with E-state index in [-0.39, 0.29) is 13.2 Å². The van der Waals surface area contributed by atoms with Gasteiger partial charge in [0.25, 0.3) is 0 Å². The van der Waals surface area contributed by atoms with Crippen molar-refractivity contribution >= 4 is 0 Å². The number of rotatable bonds is 10. The number of aliphatic hydroxyl groups is 1. The van der Waals surface area contributed by atoms with E-state index in [0.717, 1.165) is 0 Å². The van der Waals surface area contributed by atoms with Crippen molar-refractivity contribution in [2.45, 2.75) is 6.10 Å².